The lowest BCUT2D eigenvalue weighted by Gasteiger charge is -2.17. The lowest BCUT2D eigenvalue weighted by molar-refractivity contribution is 0.101. The van der Waals surface area contributed by atoms with Crippen molar-refractivity contribution in [3.63, 3.8) is 0 Å². The molecule has 30 heavy (non-hydrogen) atoms. The average molecular weight is 411 g/mol. The second-order valence-corrected chi connectivity index (χ2v) is 7.29. The van der Waals surface area contributed by atoms with Gasteiger partial charge in [0, 0.05) is 12.1 Å². The van der Waals surface area contributed by atoms with Crippen LogP contribution < -0.4 is 18.9 Å². The molecular weight excluding hydrogens is 386 g/mol. The summed E-state index contributed by atoms with van der Waals surface area (Å²) in [6.07, 6.45) is 3.90. The summed E-state index contributed by atoms with van der Waals surface area (Å²) < 4.78 is 22.2. The zero-order valence-corrected chi connectivity index (χ0v) is 17.4. The summed E-state index contributed by atoms with van der Waals surface area (Å²) >= 11 is 0. The fourth-order valence-electron chi connectivity index (χ4n) is 3.99. The number of phenolic OH excluding ortho intramolecular Hbond substituents is 1. The van der Waals surface area contributed by atoms with E-state index in [-0.39, 0.29) is 17.3 Å². The Morgan fingerprint density at radius 3 is 2.43 bits per heavy atom. The number of benzene rings is 2. The number of carbonyl (C=O) groups excluding carboxylic acids is 1. The summed E-state index contributed by atoms with van der Waals surface area (Å²) in [7, 11) is 4.60. The Hall–Kier alpha value is -3.19. The van der Waals surface area contributed by atoms with Crippen LogP contribution >= 0.6 is 0 Å². The van der Waals surface area contributed by atoms with E-state index in [1.165, 1.54) is 14.2 Å². The first-order valence-corrected chi connectivity index (χ1v) is 9.87. The predicted molar refractivity (Wildman–Crippen MR) is 112 cm³/mol. The average Bonchev–Trinajstić information content (AvgIpc) is 3.38. The van der Waals surface area contributed by atoms with Crippen molar-refractivity contribution in [2.75, 3.05) is 34.4 Å². The van der Waals surface area contributed by atoms with Crippen LogP contribution in [0.2, 0.25) is 0 Å². The summed E-state index contributed by atoms with van der Waals surface area (Å²) in [6, 6.07) is 6.68. The van der Waals surface area contributed by atoms with Gasteiger partial charge in [0.15, 0.2) is 17.3 Å². The number of nitrogens with zero attached hydrogens (tertiary/aromatic N) is 1. The molecule has 1 saturated heterocycles. The van der Waals surface area contributed by atoms with E-state index in [4.69, 9.17) is 18.9 Å². The summed E-state index contributed by atoms with van der Waals surface area (Å²) in [6.45, 7) is 2.50. The van der Waals surface area contributed by atoms with Crippen LogP contribution in [0.5, 0.6) is 28.7 Å². The largest absolute Gasteiger partial charge is 0.507 e. The normalized spacial score (nSPS) is 17.2. The molecule has 7 heteroatoms. The minimum absolute atomic E-state index is 0.137. The molecule has 0 atom stereocenters. The van der Waals surface area contributed by atoms with Crippen molar-refractivity contribution < 1.29 is 28.8 Å². The summed E-state index contributed by atoms with van der Waals surface area (Å²) in [5, 5.41) is 10.4. The molecule has 0 radical (unpaired) electrons. The molecule has 1 N–H and O–H groups in total. The third-order valence-electron chi connectivity index (χ3n) is 5.52. The van der Waals surface area contributed by atoms with Crippen molar-refractivity contribution in [3.8, 4) is 28.7 Å². The molecule has 0 amide bonds. The maximum Gasteiger partial charge on any atom is 0.231 e. The van der Waals surface area contributed by atoms with Gasteiger partial charge in [0.2, 0.25) is 11.5 Å². The van der Waals surface area contributed by atoms with Crippen LogP contribution in [0.3, 0.4) is 0 Å². The number of methoxy groups -OCH3 is 3. The Kier molecular flexibility index (Phi) is 5.55. The number of allylic oxidation sites excluding steroid dienone is 1. The van der Waals surface area contributed by atoms with Gasteiger partial charge in [0.1, 0.15) is 11.5 Å². The van der Waals surface area contributed by atoms with Gasteiger partial charge in [-0.1, -0.05) is 0 Å². The highest BCUT2D eigenvalue weighted by Gasteiger charge is 2.32. The van der Waals surface area contributed by atoms with Crippen molar-refractivity contribution >= 4 is 11.9 Å². The van der Waals surface area contributed by atoms with Gasteiger partial charge in [0.05, 0.1) is 32.5 Å². The van der Waals surface area contributed by atoms with Crippen LogP contribution in [0.15, 0.2) is 30.0 Å². The molecule has 1 fully saturated rings. The molecule has 2 aromatic carbocycles. The first kappa shape index (κ1) is 20.1. The highest BCUT2D eigenvalue weighted by molar-refractivity contribution is 6.15. The Morgan fingerprint density at radius 1 is 1.03 bits per heavy atom. The maximum absolute atomic E-state index is 13.0. The second-order valence-electron chi connectivity index (χ2n) is 7.29. The molecule has 0 unspecified atom stereocenters. The molecule has 2 aliphatic rings. The van der Waals surface area contributed by atoms with E-state index in [0.29, 0.717) is 46.2 Å². The second kappa shape index (κ2) is 8.28. The quantitative estimate of drug-likeness (QED) is 0.728. The molecule has 0 saturated carbocycles. The lowest BCUT2D eigenvalue weighted by Crippen LogP contribution is -2.18. The fourth-order valence-corrected chi connectivity index (χ4v) is 3.99. The van der Waals surface area contributed by atoms with Gasteiger partial charge in [-0.3, -0.25) is 9.69 Å². The molecule has 0 aromatic heterocycles. The fraction of sp³-hybridized carbons (Fsp3) is 0.348. The highest BCUT2D eigenvalue weighted by Crippen LogP contribution is 2.43. The summed E-state index contributed by atoms with van der Waals surface area (Å²) in [5.41, 5.74) is 1.72. The predicted octanol–water partition coefficient (Wildman–Crippen LogP) is 3.63. The molecular formula is C23H25NO6. The molecule has 0 bridgehead atoms. The number of carbonyl (C=O) groups is 1. The van der Waals surface area contributed by atoms with E-state index in [1.54, 1.807) is 37.5 Å². The third-order valence-corrected chi connectivity index (χ3v) is 5.52. The number of fused-ring (bicyclic) bond motifs is 1. The molecule has 7 nitrogen and oxygen atoms in total. The van der Waals surface area contributed by atoms with Gasteiger partial charge < -0.3 is 24.1 Å². The van der Waals surface area contributed by atoms with Crippen LogP contribution in [-0.2, 0) is 6.54 Å². The zero-order valence-electron chi connectivity index (χ0n) is 17.4. The Balaban J connectivity index is 1.72. The number of hydrogen-bond donors (Lipinski definition) is 1. The minimum atomic E-state index is -0.232. The number of ketones is 1. The molecule has 0 spiro atoms. The van der Waals surface area contributed by atoms with Gasteiger partial charge in [-0.05, 0) is 56.3 Å². The maximum atomic E-state index is 13.0. The Morgan fingerprint density at radius 2 is 1.77 bits per heavy atom. The molecule has 2 aromatic rings. The first-order valence-electron chi connectivity index (χ1n) is 9.87. The molecule has 2 aliphatic heterocycles. The van der Waals surface area contributed by atoms with Crippen molar-refractivity contribution in [1.29, 1.82) is 0 Å². The van der Waals surface area contributed by atoms with Crippen molar-refractivity contribution in [2.24, 2.45) is 0 Å². The smallest absolute Gasteiger partial charge is 0.231 e. The SMILES string of the molecule is COc1ccc(C=C2Oc3c(ccc(O)c3CN3CCCC3)C2=O)c(OC)c1OC. The van der Waals surface area contributed by atoms with Crippen molar-refractivity contribution in [1.82, 2.24) is 4.90 Å². The van der Waals surface area contributed by atoms with Gasteiger partial charge in [-0.15, -0.1) is 0 Å². The molecule has 2 heterocycles. The summed E-state index contributed by atoms with van der Waals surface area (Å²) in [4.78, 5) is 15.2. The Labute approximate surface area is 175 Å². The Bertz CT molecular complexity index is 1010. The number of rotatable bonds is 6. The van der Waals surface area contributed by atoms with Crippen LogP contribution in [0, 0.1) is 0 Å². The molecule has 4 rings (SSSR count). The van der Waals surface area contributed by atoms with Gasteiger partial charge >= 0.3 is 0 Å². The number of ether oxygens (including phenoxy) is 4. The lowest BCUT2D eigenvalue weighted by atomic mass is 10.0. The highest BCUT2D eigenvalue weighted by atomic mass is 16.5. The monoisotopic (exact) mass is 411 g/mol. The number of phenols is 1. The molecule has 158 valence electrons. The number of likely N-dealkylation sites (tertiary alicyclic amines) is 1. The number of Topliss-reactive ketones (excluding diaryl/α,β-unsaturated/α-hetero) is 1. The van der Waals surface area contributed by atoms with E-state index in [1.807, 2.05) is 0 Å². The summed E-state index contributed by atoms with van der Waals surface area (Å²) in [5.74, 6) is 1.90. The van der Waals surface area contributed by atoms with E-state index >= 15 is 0 Å². The molecule has 0 aliphatic carbocycles. The van der Waals surface area contributed by atoms with E-state index in [0.717, 1.165) is 25.9 Å². The van der Waals surface area contributed by atoms with Crippen LogP contribution in [-0.4, -0.2) is 50.2 Å². The van der Waals surface area contributed by atoms with Gasteiger partial charge in [-0.25, -0.2) is 0 Å². The van der Waals surface area contributed by atoms with Crippen LogP contribution in [0.25, 0.3) is 6.08 Å². The van der Waals surface area contributed by atoms with Gasteiger partial charge in [-0.2, -0.15) is 0 Å². The topological polar surface area (TPSA) is 77.5 Å². The third kappa shape index (κ3) is 3.45. The number of hydrogen-bond acceptors (Lipinski definition) is 7. The van der Waals surface area contributed by atoms with Crippen LogP contribution in [0.1, 0.15) is 34.3 Å². The minimum Gasteiger partial charge on any atom is -0.507 e. The first-order chi connectivity index (χ1) is 14.6. The number of aromatic hydroxyl groups is 1. The van der Waals surface area contributed by atoms with E-state index < -0.39 is 0 Å². The standard InChI is InChI=1S/C23H25NO6/c1-27-18-9-6-14(21(28-2)23(18)29-3)12-19-20(26)15-7-8-17(25)16(22(15)30-19)13-24-10-4-5-11-24/h6-9,12,25H,4-5,10-11,13H2,1-3H3. The zero-order chi connectivity index (χ0) is 21.3. The van der Waals surface area contributed by atoms with E-state index in [9.17, 15) is 9.90 Å². The van der Waals surface area contributed by atoms with Crippen molar-refractivity contribution in [3.05, 3.63) is 46.7 Å². The van der Waals surface area contributed by atoms with Crippen molar-refractivity contribution in [2.45, 2.75) is 19.4 Å². The van der Waals surface area contributed by atoms with Gasteiger partial charge in [0.25, 0.3) is 0 Å². The van der Waals surface area contributed by atoms with Crippen LogP contribution in [0.4, 0.5) is 0 Å². The van der Waals surface area contributed by atoms with E-state index in [2.05, 4.69) is 4.90 Å².